The van der Waals surface area contributed by atoms with Crippen molar-refractivity contribution in [3.63, 3.8) is 0 Å². The van der Waals surface area contributed by atoms with Crippen molar-refractivity contribution in [2.75, 3.05) is 4.90 Å². The molecule has 2 rings (SSSR count). The third-order valence-corrected chi connectivity index (χ3v) is 2.40. The maximum Gasteiger partial charge on any atom is 0.258 e. The summed E-state index contributed by atoms with van der Waals surface area (Å²) in [4.78, 5) is 35.1. The van der Waals surface area contributed by atoms with E-state index in [2.05, 4.69) is 6.58 Å². The summed E-state index contributed by atoms with van der Waals surface area (Å²) >= 11 is 0. The SMILES string of the molecule is C=CC(=O)c1ccc(N2C(=O)C=CC2=O)cc1. The molecule has 84 valence electrons. The lowest BCUT2D eigenvalue weighted by molar-refractivity contribution is -0.119. The van der Waals surface area contributed by atoms with Gasteiger partial charge in [-0.15, -0.1) is 0 Å². The molecule has 0 aliphatic carbocycles. The molecule has 0 N–H and O–H groups in total. The van der Waals surface area contributed by atoms with Crippen molar-refractivity contribution in [1.29, 1.82) is 0 Å². The predicted molar refractivity (Wildman–Crippen MR) is 62.6 cm³/mol. The fraction of sp³-hybridized carbons (Fsp3) is 0. The van der Waals surface area contributed by atoms with Gasteiger partial charge in [-0.25, -0.2) is 4.90 Å². The molecule has 4 heteroatoms. The van der Waals surface area contributed by atoms with E-state index in [1.54, 1.807) is 24.3 Å². The minimum Gasteiger partial charge on any atom is -0.289 e. The first-order valence-corrected chi connectivity index (χ1v) is 4.96. The molecule has 0 saturated heterocycles. The number of amides is 2. The van der Waals surface area contributed by atoms with Gasteiger partial charge in [0.2, 0.25) is 0 Å². The van der Waals surface area contributed by atoms with E-state index in [0.717, 1.165) is 4.90 Å². The highest BCUT2D eigenvalue weighted by Gasteiger charge is 2.24. The number of imide groups is 1. The molecule has 2 amide bonds. The lowest BCUT2D eigenvalue weighted by Gasteiger charge is -2.13. The zero-order valence-electron chi connectivity index (χ0n) is 8.92. The van der Waals surface area contributed by atoms with E-state index in [-0.39, 0.29) is 17.6 Å². The van der Waals surface area contributed by atoms with Crippen molar-refractivity contribution < 1.29 is 14.4 Å². The van der Waals surface area contributed by atoms with Gasteiger partial charge >= 0.3 is 0 Å². The number of hydrogen-bond acceptors (Lipinski definition) is 3. The molecule has 1 aromatic carbocycles. The minimum atomic E-state index is -0.377. The van der Waals surface area contributed by atoms with Crippen LogP contribution in [-0.4, -0.2) is 17.6 Å². The standard InChI is InChI=1S/C13H9NO3/c1-2-11(15)9-3-5-10(6-4-9)14-12(16)7-8-13(14)17/h2-8H,1H2. The van der Waals surface area contributed by atoms with Crippen LogP contribution in [0.3, 0.4) is 0 Å². The Bertz CT molecular complexity index is 522. The third-order valence-electron chi connectivity index (χ3n) is 2.40. The molecule has 4 nitrogen and oxygen atoms in total. The topological polar surface area (TPSA) is 54.5 Å². The fourth-order valence-corrected chi connectivity index (χ4v) is 1.55. The minimum absolute atomic E-state index is 0.200. The summed E-state index contributed by atoms with van der Waals surface area (Å²) in [5.74, 6) is -0.954. The molecule has 0 saturated carbocycles. The van der Waals surface area contributed by atoms with Gasteiger partial charge in [-0.05, 0) is 30.3 Å². The summed E-state index contributed by atoms with van der Waals surface area (Å²) in [7, 11) is 0. The number of carbonyl (C=O) groups is 3. The number of rotatable bonds is 3. The molecule has 0 bridgehead atoms. The predicted octanol–water partition coefficient (Wildman–Crippen LogP) is 1.48. The fourth-order valence-electron chi connectivity index (χ4n) is 1.55. The number of allylic oxidation sites excluding steroid dienone is 1. The first-order valence-electron chi connectivity index (χ1n) is 4.96. The Morgan fingerprint density at radius 2 is 1.59 bits per heavy atom. The maximum atomic E-state index is 11.4. The molecular weight excluding hydrogens is 218 g/mol. The van der Waals surface area contributed by atoms with Gasteiger partial charge in [0, 0.05) is 17.7 Å². The van der Waals surface area contributed by atoms with Gasteiger partial charge in [0.15, 0.2) is 5.78 Å². The average Bonchev–Trinajstić information content (AvgIpc) is 2.68. The molecule has 0 radical (unpaired) electrons. The number of carbonyl (C=O) groups excluding carboxylic acids is 3. The zero-order valence-corrected chi connectivity index (χ0v) is 8.92. The highest BCUT2D eigenvalue weighted by molar-refractivity contribution is 6.28. The van der Waals surface area contributed by atoms with Crippen LogP contribution in [0.1, 0.15) is 10.4 Å². The molecule has 1 aliphatic heterocycles. The molecule has 1 aromatic rings. The van der Waals surface area contributed by atoms with Crippen LogP contribution in [0.5, 0.6) is 0 Å². The van der Waals surface area contributed by atoms with E-state index in [0.29, 0.717) is 11.3 Å². The van der Waals surface area contributed by atoms with Crippen LogP contribution in [0.25, 0.3) is 0 Å². The van der Waals surface area contributed by atoms with Gasteiger partial charge in [-0.2, -0.15) is 0 Å². The number of benzene rings is 1. The van der Waals surface area contributed by atoms with Crippen LogP contribution < -0.4 is 4.90 Å². The van der Waals surface area contributed by atoms with Crippen LogP contribution in [-0.2, 0) is 9.59 Å². The molecule has 1 aliphatic rings. The Morgan fingerprint density at radius 1 is 1.06 bits per heavy atom. The molecule has 1 heterocycles. The Balaban J connectivity index is 2.30. The van der Waals surface area contributed by atoms with E-state index in [1.165, 1.54) is 18.2 Å². The molecule has 0 aromatic heterocycles. The Morgan fingerprint density at radius 3 is 2.06 bits per heavy atom. The van der Waals surface area contributed by atoms with Gasteiger partial charge in [-0.1, -0.05) is 6.58 Å². The Kier molecular flexibility index (Phi) is 2.70. The van der Waals surface area contributed by atoms with E-state index in [1.807, 2.05) is 0 Å². The van der Waals surface area contributed by atoms with Gasteiger partial charge in [0.25, 0.3) is 11.8 Å². The molecule has 0 spiro atoms. The average molecular weight is 227 g/mol. The van der Waals surface area contributed by atoms with Crippen molar-refractivity contribution in [3.05, 3.63) is 54.6 Å². The second-order valence-electron chi connectivity index (χ2n) is 3.46. The van der Waals surface area contributed by atoms with E-state index < -0.39 is 0 Å². The normalized spacial score (nSPS) is 14.2. The van der Waals surface area contributed by atoms with E-state index in [9.17, 15) is 14.4 Å². The van der Waals surface area contributed by atoms with Gasteiger partial charge < -0.3 is 0 Å². The highest BCUT2D eigenvalue weighted by atomic mass is 16.2. The van der Waals surface area contributed by atoms with Crippen molar-refractivity contribution in [2.45, 2.75) is 0 Å². The lowest BCUT2D eigenvalue weighted by atomic mass is 10.1. The second kappa shape index (κ2) is 4.17. The number of hydrogen-bond donors (Lipinski definition) is 0. The van der Waals surface area contributed by atoms with Crippen LogP contribution in [0.2, 0.25) is 0 Å². The summed E-state index contributed by atoms with van der Waals surface area (Å²) in [6, 6.07) is 6.22. The first kappa shape index (κ1) is 11.0. The van der Waals surface area contributed by atoms with Crippen molar-refractivity contribution >= 4 is 23.3 Å². The largest absolute Gasteiger partial charge is 0.289 e. The van der Waals surface area contributed by atoms with E-state index >= 15 is 0 Å². The van der Waals surface area contributed by atoms with E-state index in [4.69, 9.17) is 0 Å². The summed E-state index contributed by atoms with van der Waals surface area (Å²) < 4.78 is 0. The quantitative estimate of drug-likeness (QED) is 0.446. The summed E-state index contributed by atoms with van der Waals surface area (Å²) in [6.07, 6.45) is 3.64. The van der Waals surface area contributed by atoms with Crippen molar-refractivity contribution in [2.24, 2.45) is 0 Å². The number of anilines is 1. The van der Waals surface area contributed by atoms with Crippen LogP contribution in [0, 0.1) is 0 Å². The molecule has 0 atom stereocenters. The smallest absolute Gasteiger partial charge is 0.258 e. The maximum absolute atomic E-state index is 11.4. The Labute approximate surface area is 97.8 Å². The zero-order chi connectivity index (χ0) is 12.4. The molecule has 0 fully saturated rings. The Hall–Kier alpha value is -2.49. The second-order valence-corrected chi connectivity index (χ2v) is 3.46. The summed E-state index contributed by atoms with van der Waals surface area (Å²) in [6.45, 7) is 3.38. The monoisotopic (exact) mass is 227 g/mol. The van der Waals surface area contributed by atoms with Gasteiger partial charge in [0.05, 0.1) is 5.69 Å². The van der Waals surface area contributed by atoms with Gasteiger partial charge in [-0.3, -0.25) is 14.4 Å². The van der Waals surface area contributed by atoms with Crippen LogP contribution in [0.4, 0.5) is 5.69 Å². The van der Waals surface area contributed by atoms with Crippen molar-refractivity contribution in [1.82, 2.24) is 0 Å². The lowest BCUT2D eigenvalue weighted by Crippen LogP contribution is -2.29. The van der Waals surface area contributed by atoms with Crippen LogP contribution >= 0.6 is 0 Å². The summed E-state index contributed by atoms with van der Waals surface area (Å²) in [5.41, 5.74) is 0.918. The number of nitrogens with zero attached hydrogens (tertiary/aromatic N) is 1. The first-order chi connectivity index (χ1) is 8.13. The van der Waals surface area contributed by atoms with Gasteiger partial charge in [0.1, 0.15) is 0 Å². The number of ketones is 1. The highest BCUT2D eigenvalue weighted by Crippen LogP contribution is 2.19. The van der Waals surface area contributed by atoms with Crippen molar-refractivity contribution in [3.8, 4) is 0 Å². The molecule has 17 heavy (non-hydrogen) atoms. The molecule has 0 unspecified atom stereocenters. The summed E-state index contributed by atoms with van der Waals surface area (Å²) in [5, 5.41) is 0. The third kappa shape index (κ3) is 1.92. The van der Waals surface area contributed by atoms with Crippen LogP contribution in [0.15, 0.2) is 49.1 Å². The molecular formula is C13H9NO3.